The normalized spacial score (nSPS) is 12.0. The molecule has 0 aliphatic rings. The van der Waals surface area contributed by atoms with Crippen LogP contribution >= 0.6 is 22.7 Å². The largest absolute Gasteiger partial charge is 0.308 e. The second-order valence-corrected chi connectivity index (χ2v) is 16.1. The molecular weight excluding hydrogens is 709 g/mol. The van der Waals surface area contributed by atoms with Gasteiger partial charge in [-0.2, -0.15) is 0 Å². The second-order valence-electron chi connectivity index (χ2n) is 14.0. The minimum absolute atomic E-state index is 0.661. The van der Waals surface area contributed by atoms with E-state index in [0.717, 1.165) is 27.8 Å². The number of fused-ring (bicyclic) bond motifs is 12. The Hall–Kier alpha value is -6.73. The van der Waals surface area contributed by atoms with Gasteiger partial charge in [0.2, 0.25) is 0 Å². The quantitative estimate of drug-likeness (QED) is 0.181. The number of thiophene rings is 2. The lowest BCUT2D eigenvalue weighted by Gasteiger charge is -2.12. The highest BCUT2D eigenvalue weighted by Gasteiger charge is 2.21. The average molecular weight is 737 g/mol. The molecule has 12 rings (SSSR count). The van der Waals surface area contributed by atoms with Crippen molar-refractivity contribution in [3.63, 3.8) is 0 Å². The van der Waals surface area contributed by atoms with Gasteiger partial charge in [0.1, 0.15) is 0 Å². The molecule has 0 aliphatic heterocycles. The summed E-state index contributed by atoms with van der Waals surface area (Å²) >= 11 is 3.72. The lowest BCUT2D eigenvalue weighted by atomic mass is 9.98. The van der Waals surface area contributed by atoms with E-state index < -0.39 is 0 Å². The highest BCUT2D eigenvalue weighted by atomic mass is 32.1. The molecule has 0 N–H and O–H groups in total. The van der Waals surface area contributed by atoms with E-state index in [1.54, 1.807) is 0 Å². The topological polar surface area (TPSA) is 43.6 Å². The third-order valence-corrected chi connectivity index (χ3v) is 13.1. The van der Waals surface area contributed by atoms with Crippen LogP contribution in [0.1, 0.15) is 0 Å². The van der Waals surface area contributed by atoms with Gasteiger partial charge in [-0.3, -0.25) is 0 Å². The fraction of sp³-hybridized carbons (Fsp3) is 0. The van der Waals surface area contributed by atoms with Gasteiger partial charge in [0, 0.05) is 68.8 Å². The minimum Gasteiger partial charge on any atom is -0.308 e. The standard InChI is InChI=1S/C49H28N4S2/c1-3-13-29(14-4-1)47-50-48(30-15-5-2-6-16-30)52-49(51-47)38-28-43-44(35-20-8-7-17-32(35)38)39-27-31(23-26-42(39)54-43)53-40-21-11-9-18-33(40)36-24-25-37-34-19-10-12-22-41(34)55-46(37)45(36)53/h1-28H. The van der Waals surface area contributed by atoms with Gasteiger partial charge in [-0.25, -0.2) is 15.0 Å². The summed E-state index contributed by atoms with van der Waals surface area (Å²) < 4.78 is 7.58. The van der Waals surface area contributed by atoms with Crippen LogP contribution in [-0.4, -0.2) is 19.5 Å². The monoisotopic (exact) mass is 736 g/mol. The van der Waals surface area contributed by atoms with Gasteiger partial charge in [-0.05, 0) is 47.2 Å². The zero-order valence-corrected chi connectivity index (χ0v) is 30.9. The molecule has 4 aromatic heterocycles. The summed E-state index contributed by atoms with van der Waals surface area (Å²) in [5, 5.41) is 9.99. The smallest absolute Gasteiger partial charge is 0.164 e. The van der Waals surface area contributed by atoms with Crippen molar-refractivity contribution in [2.45, 2.75) is 0 Å². The number of para-hydroxylation sites is 1. The molecule has 0 saturated carbocycles. The van der Waals surface area contributed by atoms with Crippen LogP contribution in [0, 0.1) is 0 Å². The number of rotatable bonds is 4. The van der Waals surface area contributed by atoms with Gasteiger partial charge in [0.15, 0.2) is 17.5 Å². The molecule has 0 unspecified atom stereocenters. The lowest BCUT2D eigenvalue weighted by molar-refractivity contribution is 1.08. The molecule has 0 aliphatic carbocycles. The van der Waals surface area contributed by atoms with Gasteiger partial charge in [0.25, 0.3) is 0 Å². The fourth-order valence-electron chi connectivity index (χ4n) is 8.38. The molecule has 0 fully saturated rings. The first kappa shape index (κ1) is 30.7. The molecule has 0 amide bonds. The maximum absolute atomic E-state index is 5.14. The number of benzene rings is 8. The highest BCUT2D eigenvalue weighted by Crippen LogP contribution is 2.46. The van der Waals surface area contributed by atoms with Crippen LogP contribution in [0.15, 0.2) is 170 Å². The van der Waals surface area contributed by atoms with Crippen LogP contribution in [0.2, 0.25) is 0 Å². The van der Waals surface area contributed by atoms with Crippen LogP contribution in [-0.2, 0) is 0 Å². The van der Waals surface area contributed by atoms with Gasteiger partial charge < -0.3 is 4.57 Å². The molecule has 8 aromatic carbocycles. The Labute approximate surface area is 323 Å². The fourth-order valence-corrected chi connectivity index (χ4v) is 10.8. The molecule has 0 atom stereocenters. The van der Waals surface area contributed by atoms with Gasteiger partial charge in [-0.1, -0.05) is 133 Å². The Bertz CT molecular complexity index is 3430. The minimum atomic E-state index is 0.661. The van der Waals surface area contributed by atoms with Crippen LogP contribution in [0.3, 0.4) is 0 Å². The molecule has 0 spiro atoms. The molecule has 0 bridgehead atoms. The van der Waals surface area contributed by atoms with Crippen molar-refractivity contribution >= 4 is 95.6 Å². The maximum Gasteiger partial charge on any atom is 0.164 e. The van der Waals surface area contributed by atoms with E-state index in [9.17, 15) is 0 Å². The summed E-state index contributed by atoms with van der Waals surface area (Å²) in [6, 6.07) is 60.6. The first-order valence-electron chi connectivity index (χ1n) is 18.4. The third kappa shape index (κ3) is 4.65. The van der Waals surface area contributed by atoms with E-state index >= 15 is 0 Å². The van der Waals surface area contributed by atoms with E-state index in [1.807, 2.05) is 59.1 Å². The second kappa shape index (κ2) is 11.9. The van der Waals surface area contributed by atoms with E-state index in [4.69, 9.17) is 15.0 Å². The zero-order chi connectivity index (χ0) is 36.0. The van der Waals surface area contributed by atoms with Crippen molar-refractivity contribution < 1.29 is 0 Å². The van der Waals surface area contributed by atoms with E-state index in [1.165, 1.54) is 67.5 Å². The highest BCUT2D eigenvalue weighted by molar-refractivity contribution is 7.27. The third-order valence-electron chi connectivity index (χ3n) is 10.8. The molecule has 6 heteroatoms. The molecule has 0 radical (unpaired) electrons. The Balaban J connectivity index is 1.12. The van der Waals surface area contributed by atoms with Crippen molar-refractivity contribution in [2.75, 3.05) is 0 Å². The first-order valence-corrected chi connectivity index (χ1v) is 20.0. The van der Waals surface area contributed by atoms with Crippen molar-refractivity contribution in [1.82, 2.24) is 19.5 Å². The first-order chi connectivity index (χ1) is 27.3. The van der Waals surface area contributed by atoms with Gasteiger partial charge >= 0.3 is 0 Å². The van der Waals surface area contributed by atoms with Crippen LogP contribution in [0.5, 0.6) is 0 Å². The van der Waals surface area contributed by atoms with E-state index in [0.29, 0.717) is 17.5 Å². The molecule has 256 valence electrons. The summed E-state index contributed by atoms with van der Waals surface area (Å²) in [5.41, 5.74) is 6.56. The Kier molecular flexibility index (Phi) is 6.64. The zero-order valence-electron chi connectivity index (χ0n) is 29.3. The number of hydrogen-bond acceptors (Lipinski definition) is 5. The summed E-state index contributed by atoms with van der Waals surface area (Å²) in [4.78, 5) is 15.2. The lowest BCUT2D eigenvalue weighted by Crippen LogP contribution is -2.00. The summed E-state index contributed by atoms with van der Waals surface area (Å²) in [7, 11) is 0. The van der Waals surface area contributed by atoms with E-state index in [2.05, 4.69) is 138 Å². The van der Waals surface area contributed by atoms with Gasteiger partial charge in [0.05, 0.1) is 15.7 Å². The summed E-state index contributed by atoms with van der Waals surface area (Å²) in [5.74, 6) is 1.99. The Morgan fingerprint density at radius 3 is 1.75 bits per heavy atom. The van der Waals surface area contributed by atoms with Crippen molar-refractivity contribution in [3.8, 4) is 39.9 Å². The maximum atomic E-state index is 5.14. The molecule has 0 saturated heterocycles. The molecule has 4 heterocycles. The summed E-state index contributed by atoms with van der Waals surface area (Å²) in [6.45, 7) is 0. The van der Waals surface area contributed by atoms with Crippen molar-refractivity contribution in [2.24, 2.45) is 0 Å². The van der Waals surface area contributed by atoms with Crippen molar-refractivity contribution in [1.29, 1.82) is 0 Å². The number of hydrogen-bond donors (Lipinski definition) is 0. The summed E-state index contributed by atoms with van der Waals surface area (Å²) in [6.07, 6.45) is 0. The van der Waals surface area contributed by atoms with Crippen LogP contribution < -0.4 is 0 Å². The molecular formula is C49H28N4S2. The van der Waals surface area contributed by atoms with Crippen LogP contribution in [0.25, 0.3) is 113 Å². The van der Waals surface area contributed by atoms with Gasteiger partial charge in [-0.15, -0.1) is 22.7 Å². The number of nitrogens with zero attached hydrogens (tertiary/aromatic N) is 4. The Morgan fingerprint density at radius 1 is 0.382 bits per heavy atom. The average Bonchev–Trinajstić information content (AvgIpc) is 3.93. The molecule has 4 nitrogen and oxygen atoms in total. The number of aromatic nitrogens is 4. The van der Waals surface area contributed by atoms with E-state index in [-0.39, 0.29) is 0 Å². The van der Waals surface area contributed by atoms with Crippen molar-refractivity contribution in [3.05, 3.63) is 170 Å². The SMILES string of the molecule is c1ccc(-c2nc(-c3ccccc3)nc(-c3cc4sc5ccc(-n6c7ccccc7c7ccc8c9ccccc9sc8c76)cc5c4c4ccccc34)n2)cc1. The molecule has 55 heavy (non-hydrogen) atoms. The van der Waals surface area contributed by atoms with Crippen LogP contribution in [0.4, 0.5) is 0 Å². The Morgan fingerprint density at radius 2 is 0.982 bits per heavy atom. The predicted molar refractivity (Wildman–Crippen MR) is 234 cm³/mol. The predicted octanol–water partition coefficient (Wildman–Crippen LogP) is 13.9. The molecule has 12 aromatic rings.